The van der Waals surface area contributed by atoms with E-state index in [1.54, 1.807) is 0 Å². The van der Waals surface area contributed by atoms with Gasteiger partial charge in [0.25, 0.3) is 5.69 Å². The molecule has 1 aromatic rings. The first kappa shape index (κ1) is 13.8. The van der Waals surface area contributed by atoms with Gasteiger partial charge in [0.05, 0.1) is 10.8 Å². The van der Waals surface area contributed by atoms with E-state index in [1.165, 1.54) is 18.2 Å². The zero-order valence-electron chi connectivity index (χ0n) is 10.4. The van der Waals surface area contributed by atoms with Crippen LogP contribution in [0.25, 0.3) is 0 Å². The second-order valence-corrected chi connectivity index (χ2v) is 4.98. The number of halogens is 1. The first-order valence-corrected chi connectivity index (χ1v) is 6.35. The number of benzene rings is 1. The number of nitro groups is 1. The number of hydrogen-bond donors (Lipinski definition) is 2. The summed E-state index contributed by atoms with van der Waals surface area (Å²) in [6, 6.07) is 4.17. The fourth-order valence-corrected chi connectivity index (χ4v) is 2.38. The van der Waals surface area contributed by atoms with Crippen molar-refractivity contribution >= 4 is 28.9 Å². The molecule has 1 aromatic carbocycles. The average Bonchev–Trinajstić information content (AvgIpc) is 2.75. The van der Waals surface area contributed by atoms with Crippen LogP contribution in [-0.4, -0.2) is 23.4 Å². The third-order valence-electron chi connectivity index (χ3n) is 3.28. The Hall–Kier alpha value is -1.66. The Bertz CT molecular complexity index is 521. The second-order valence-electron chi connectivity index (χ2n) is 4.55. The number of amides is 1. The highest BCUT2D eigenvalue weighted by molar-refractivity contribution is 6.31. The van der Waals surface area contributed by atoms with Gasteiger partial charge < -0.3 is 10.6 Å². The number of rotatable bonds is 3. The number of nitrogens with zero attached hydrogens (tertiary/aromatic N) is 1. The molecule has 1 aliphatic heterocycles. The predicted molar refractivity (Wildman–Crippen MR) is 72.3 cm³/mol. The maximum Gasteiger partial charge on any atom is 0.292 e. The van der Waals surface area contributed by atoms with Crippen LogP contribution in [-0.2, 0) is 4.79 Å². The fraction of sp³-hybridized carbons (Fsp3) is 0.417. The third-order valence-corrected chi connectivity index (χ3v) is 3.51. The molecule has 0 radical (unpaired) electrons. The van der Waals surface area contributed by atoms with Crippen molar-refractivity contribution in [2.24, 2.45) is 5.92 Å². The number of nitrogens with one attached hydrogen (secondary N) is 2. The second kappa shape index (κ2) is 5.54. The van der Waals surface area contributed by atoms with Gasteiger partial charge in [-0.3, -0.25) is 14.9 Å². The van der Waals surface area contributed by atoms with E-state index in [0.29, 0.717) is 5.02 Å². The van der Waals surface area contributed by atoms with Crippen molar-refractivity contribution in [3.8, 4) is 0 Å². The van der Waals surface area contributed by atoms with Crippen LogP contribution < -0.4 is 10.6 Å². The summed E-state index contributed by atoms with van der Waals surface area (Å²) >= 11 is 5.81. The summed E-state index contributed by atoms with van der Waals surface area (Å²) in [6.07, 6.45) is 0.724. The van der Waals surface area contributed by atoms with Crippen LogP contribution in [0.5, 0.6) is 0 Å². The minimum Gasteiger partial charge on any atom is -0.320 e. The molecular weight excluding hydrogens is 270 g/mol. The molecule has 7 heteroatoms. The van der Waals surface area contributed by atoms with Gasteiger partial charge in [-0.1, -0.05) is 11.6 Å². The topological polar surface area (TPSA) is 84.3 Å². The Morgan fingerprint density at radius 2 is 2.32 bits per heavy atom. The zero-order chi connectivity index (χ0) is 14.0. The van der Waals surface area contributed by atoms with Crippen molar-refractivity contribution in [1.29, 1.82) is 0 Å². The summed E-state index contributed by atoms with van der Waals surface area (Å²) in [5.41, 5.74) is -0.0158. The SMILES string of the molecule is CC1NCCC1C(=O)Nc1cc(Cl)ccc1[N+](=O)[O-]. The van der Waals surface area contributed by atoms with Crippen molar-refractivity contribution in [2.75, 3.05) is 11.9 Å². The van der Waals surface area contributed by atoms with Gasteiger partial charge in [0, 0.05) is 17.1 Å². The van der Waals surface area contributed by atoms with Crippen molar-refractivity contribution in [2.45, 2.75) is 19.4 Å². The van der Waals surface area contributed by atoms with E-state index in [1.807, 2.05) is 6.92 Å². The Balaban J connectivity index is 2.20. The van der Waals surface area contributed by atoms with Gasteiger partial charge in [-0.25, -0.2) is 0 Å². The van der Waals surface area contributed by atoms with Crippen LogP contribution in [0.2, 0.25) is 5.02 Å². The molecular formula is C12H14ClN3O3. The number of anilines is 1. The van der Waals surface area contributed by atoms with E-state index in [2.05, 4.69) is 10.6 Å². The zero-order valence-corrected chi connectivity index (χ0v) is 11.1. The van der Waals surface area contributed by atoms with Crippen LogP contribution in [0.4, 0.5) is 11.4 Å². The van der Waals surface area contributed by atoms with Gasteiger partial charge in [-0.15, -0.1) is 0 Å². The molecule has 2 rings (SSSR count). The van der Waals surface area contributed by atoms with Gasteiger partial charge in [0.2, 0.25) is 5.91 Å². The summed E-state index contributed by atoms with van der Waals surface area (Å²) in [5, 5.41) is 17.0. The summed E-state index contributed by atoms with van der Waals surface area (Å²) in [6.45, 7) is 2.69. The molecule has 1 aliphatic rings. The molecule has 1 saturated heterocycles. The molecule has 0 aliphatic carbocycles. The predicted octanol–water partition coefficient (Wildman–Crippen LogP) is 2.18. The van der Waals surface area contributed by atoms with Gasteiger partial charge in [0.1, 0.15) is 5.69 Å². The quantitative estimate of drug-likeness (QED) is 0.658. The summed E-state index contributed by atoms with van der Waals surface area (Å²) in [7, 11) is 0. The third kappa shape index (κ3) is 3.02. The molecule has 6 nitrogen and oxygen atoms in total. The minimum atomic E-state index is -0.539. The molecule has 19 heavy (non-hydrogen) atoms. The van der Waals surface area contributed by atoms with Crippen LogP contribution >= 0.6 is 11.6 Å². The number of nitro benzene ring substituents is 1. The van der Waals surface area contributed by atoms with E-state index in [4.69, 9.17) is 11.6 Å². The Morgan fingerprint density at radius 1 is 1.58 bits per heavy atom. The molecule has 2 unspecified atom stereocenters. The average molecular weight is 284 g/mol. The lowest BCUT2D eigenvalue weighted by molar-refractivity contribution is -0.383. The van der Waals surface area contributed by atoms with Crippen molar-refractivity contribution < 1.29 is 9.72 Å². The smallest absolute Gasteiger partial charge is 0.292 e. The lowest BCUT2D eigenvalue weighted by Gasteiger charge is -2.15. The molecule has 2 N–H and O–H groups in total. The van der Waals surface area contributed by atoms with E-state index in [9.17, 15) is 14.9 Å². The van der Waals surface area contributed by atoms with Gasteiger partial charge in [-0.05, 0) is 32.0 Å². The van der Waals surface area contributed by atoms with Gasteiger partial charge >= 0.3 is 0 Å². The highest BCUT2D eigenvalue weighted by atomic mass is 35.5. The Morgan fingerprint density at radius 3 is 2.89 bits per heavy atom. The van der Waals surface area contributed by atoms with Crippen LogP contribution in [0, 0.1) is 16.0 Å². The monoisotopic (exact) mass is 283 g/mol. The Labute approximate surface area is 115 Å². The first-order valence-electron chi connectivity index (χ1n) is 5.97. The van der Waals surface area contributed by atoms with E-state index >= 15 is 0 Å². The Kier molecular flexibility index (Phi) is 4.01. The largest absolute Gasteiger partial charge is 0.320 e. The van der Waals surface area contributed by atoms with Gasteiger partial charge in [0.15, 0.2) is 0 Å². The normalized spacial score (nSPS) is 22.2. The van der Waals surface area contributed by atoms with Crippen LogP contribution in [0.3, 0.4) is 0 Å². The van der Waals surface area contributed by atoms with E-state index < -0.39 is 4.92 Å². The highest BCUT2D eigenvalue weighted by Gasteiger charge is 2.30. The lowest BCUT2D eigenvalue weighted by atomic mass is 10.0. The van der Waals surface area contributed by atoms with Crippen LogP contribution in [0.15, 0.2) is 18.2 Å². The van der Waals surface area contributed by atoms with E-state index in [0.717, 1.165) is 13.0 Å². The molecule has 1 amide bonds. The first-order chi connectivity index (χ1) is 8.99. The molecule has 0 saturated carbocycles. The van der Waals surface area contributed by atoms with Crippen molar-refractivity contribution in [1.82, 2.24) is 5.32 Å². The summed E-state index contributed by atoms with van der Waals surface area (Å²) < 4.78 is 0. The molecule has 0 spiro atoms. The molecule has 2 atom stereocenters. The maximum atomic E-state index is 12.1. The summed E-state index contributed by atoms with van der Waals surface area (Å²) in [4.78, 5) is 22.5. The fourth-order valence-electron chi connectivity index (χ4n) is 2.21. The van der Waals surface area contributed by atoms with E-state index in [-0.39, 0.29) is 29.2 Å². The standard InChI is InChI=1S/C12H14ClN3O3/c1-7-9(4-5-14-7)12(17)15-10-6-8(13)2-3-11(10)16(18)19/h2-3,6-7,9,14H,4-5H2,1H3,(H,15,17). The molecule has 1 heterocycles. The highest BCUT2D eigenvalue weighted by Crippen LogP contribution is 2.29. The number of hydrogen-bond acceptors (Lipinski definition) is 4. The molecule has 1 fully saturated rings. The van der Waals surface area contributed by atoms with Crippen molar-refractivity contribution in [3.63, 3.8) is 0 Å². The molecule has 102 valence electrons. The number of carbonyl (C=O) groups excluding carboxylic acids is 1. The lowest BCUT2D eigenvalue weighted by Crippen LogP contribution is -2.32. The summed E-state index contributed by atoms with van der Waals surface area (Å²) in [5.74, 6) is -0.401. The van der Waals surface area contributed by atoms with Gasteiger partial charge in [-0.2, -0.15) is 0 Å². The van der Waals surface area contributed by atoms with Crippen LogP contribution in [0.1, 0.15) is 13.3 Å². The maximum absolute atomic E-state index is 12.1. The molecule has 0 aromatic heterocycles. The number of carbonyl (C=O) groups is 1. The minimum absolute atomic E-state index is 0.0678. The van der Waals surface area contributed by atoms with Crippen molar-refractivity contribution in [3.05, 3.63) is 33.3 Å². The molecule has 0 bridgehead atoms.